The van der Waals surface area contributed by atoms with Crippen LogP contribution in [0, 0.1) is 11.6 Å². The van der Waals surface area contributed by atoms with Crippen molar-refractivity contribution in [2.75, 3.05) is 6.61 Å². The highest BCUT2D eigenvalue weighted by Crippen LogP contribution is 2.27. The van der Waals surface area contributed by atoms with Crippen LogP contribution in [0.1, 0.15) is 16.7 Å². The van der Waals surface area contributed by atoms with Crippen LogP contribution in [0.25, 0.3) is 5.57 Å². The average molecular weight is 415 g/mol. The Morgan fingerprint density at radius 1 is 0.931 bits per heavy atom. The molecule has 148 valence electrons. The van der Waals surface area contributed by atoms with Crippen molar-refractivity contribution >= 4 is 23.1 Å². The molecule has 0 saturated carbocycles. The summed E-state index contributed by atoms with van der Waals surface area (Å²) < 4.78 is 32.3. The minimum absolute atomic E-state index is 0.126. The van der Waals surface area contributed by atoms with Crippen molar-refractivity contribution in [3.8, 4) is 5.75 Å². The van der Waals surface area contributed by atoms with Gasteiger partial charge in [0, 0.05) is 0 Å². The zero-order valence-corrected chi connectivity index (χ0v) is 16.0. The number of rotatable bonds is 7. The van der Waals surface area contributed by atoms with Gasteiger partial charge in [0.05, 0.1) is 11.4 Å². The first-order valence-electron chi connectivity index (χ1n) is 8.77. The number of aliphatic carboxylic acids is 1. The van der Waals surface area contributed by atoms with Crippen molar-refractivity contribution in [2.45, 2.75) is 6.42 Å². The lowest BCUT2D eigenvalue weighted by molar-refractivity contribution is -0.136. The molecule has 3 nitrogen and oxygen atoms in total. The Morgan fingerprint density at radius 2 is 1.48 bits per heavy atom. The summed E-state index contributed by atoms with van der Waals surface area (Å²) in [5.74, 6) is -1.23. The Labute approximate surface area is 171 Å². The van der Waals surface area contributed by atoms with Crippen LogP contribution >= 0.6 is 11.6 Å². The van der Waals surface area contributed by atoms with E-state index in [4.69, 9.17) is 21.4 Å². The molecular weight excluding hydrogens is 398 g/mol. The van der Waals surface area contributed by atoms with E-state index < -0.39 is 5.97 Å². The molecule has 0 atom stereocenters. The van der Waals surface area contributed by atoms with Gasteiger partial charge in [-0.1, -0.05) is 41.9 Å². The van der Waals surface area contributed by atoms with E-state index in [0.717, 1.165) is 16.7 Å². The van der Waals surface area contributed by atoms with Crippen molar-refractivity contribution in [2.24, 2.45) is 0 Å². The Hall–Kier alpha value is -3.18. The number of benzene rings is 3. The van der Waals surface area contributed by atoms with Gasteiger partial charge in [-0.3, -0.25) is 4.79 Å². The summed E-state index contributed by atoms with van der Waals surface area (Å²) in [4.78, 5) is 10.8. The predicted molar refractivity (Wildman–Crippen MR) is 108 cm³/mol. The van der Waals surface area contributed by atoms with Crippen LogP contribution in [0.15, 0.2) is 72.8 Å². The number of hydrogen-bond donors (Lipinski definition) is 1. The molecule has 0 radical (unpaired) electrons. The van der Waals surface area contributed by atoms with Gasteiger partial charge >= 0.3 is 5.97 Å². The molecule has 0 heterocycles. The van der Waals surface area contributed by atoms with Gasteiger partial charge in [0.2, 0.25) is 0 Å². The number of carboxylic acid groups (broad SMARTS) is 1. The molecule has 3 rings (SSSR count). The number of halogens is 3. The topological polar surface area (TPSA) is 46.5 Å². The van der Waals surface area contributed by atoms with Crippen LogP contribution in [0.5, 0.6) is 5.75 Å². The third-order valence-corrected chi connectivity index (χ3v) is 4.48. The highest BCUT2D eigenvalue weighted by Gasteiger charge is 2.08. The molecule has 0 aromatic heterocycles. The van der Waals surface area contributed by atoms with Gasteiger partial charge in [0.15, 0.2) is 0 Å². The smallest absolute Gasteiger partial charge is 0.307 e. The molecule has 0 spiro atoms. The van der Waals surface area contributed by atoms with Crippen LogP contribution in [-0.4, -0.2) is 17.7 Å². The van der Waals surface area contributed by atoms with Crippen LogP contribution < -0.4 is 4.74 Å². The summed E-state index contributed by atoms with van der Waals surface area (Å²) in [6.07, 6.45) is 1.67. The highest BCUT2D eigenvalue weighted by atomic mass is 35.5. The first kappa shape index (κ1) is 20.6. The zero-order valence-electron chi connectivity index (χ0n) is 15.2. The third kappa shape index (κ3) is 5.65. The first-order valence-corrected chi connectivity index (χ1v) is 9.15. The molecule has 29 heavy (non-hydrogen) atoms. The van der Waals surface area contributed by atoms with E-state index in [1.807, 2.05) is 0 Å². The molecule has 0 aliphatic rings. The van der Waals surface area contributed by atoms with Crippen molar-refractivity contribution < 1.29 is 23.4 Å². The Balaban J connectivity index is 1.82. The second-order valence-electron chi connectivity index (χ2n) is 6.28. The minimum atomic E-state index is -0.944. The van der Waals surface area contributed by atoms with Crippen LogP contribution in [0.3, 0.4) is 0 Å². The van der Waals surface area contributed by atoms with E-state index in [1.54, 1.807) is 48.5 Å². The molecule has 0 bridgehead atoms. The summed E-state index contributed by atoms with van der Waals surface area (Å²) >= 11 is 6.18. The molecule has 0 amide bonds. The van der Waals surface area contributed by atoms with Gasteiger partial charge in [-0.2, -0.15) is 0 Å². The lowest BCUT2D eigenvalue weighted by Crippen LogP contribution is -2.01. The molecule has 3 aromatic rings. The molecular formula is C23H17ClF2O3. The summed E-state index contributed by atoms with van der Waals surface area (Å²) in [5, 5.41) is 9.16. The van der Waals surface area contributed by atoms with Gasteiger partial charge in [-0.15, -0.1) is 0 Å². The largest absolute Gasteiger partial charge is 0.488 e. The SMILES string of the molecule is O=C(O)Cc1ccc(OCC=C(c2ccc(F)cc2)c2ccc(F)cc2)c(Cl)c1. The third-order valence-electron chi connectivity index (χ3n) is 4.19. The molecule has 3 aromatic carbocycles. The average Bonchev–Trinajstić information content (AvgIpc) is 2.68. The van der Waals surface area contributed by atoms with E-state index in [0.29, 0.717) is 16.3 Å². The number of carboxylic acids is 1. The minimum Gasteiger partial charge on any atom is -0.488 e. The number of ether oxygens (including phenoxy) is 1. The molecule has 1 N–H and O–H groups in total. The Bertz CT molecular complexity index is 981. The molecule has 0 fully saturated rings. The lowest BCUT2D eigenvalue weighted by Gasteiger charge is -2.11. The van der Waals surface area contributed by atoms with E-state index in [2.05, 4.69) is 0 Å². The van der Waals surface area contributed by atoms with Crippen LogP contribution in [0.2, 0.25) is 5.02 Å². The maximum atomic E-state index is 13.3. The molecule has 0 aliphatic carbocycles. The maximum Gasteiger partial charge on any atom is 0.307 e. The molecule has 0 aliphatic heterocycles. The lowest BCUT2D eigenvalue weighted by atomic mass is 9.97. The predicted octanol–water partition coefficient (Wildman–Crippen LogP) is 5.76. The number of hydrogen-bond acceptors (Lipinski definition) is 2. The monoisotopic (exact) mass is 414 g/mol. The van der Waals surface area contributed by atoms with Crippen molar-refractivity contribution in [1.82, 2.24) is 0 Å². The van der Waals surface area contributed by atoms with Gasteiger partial charge in [-0.05, 0) is 64.7 Å². The molecule has 6 heteroatoms. The number of carbonyl (C=O) groups is 1. The van der Waals surface area contributed by atoms with Crippen LogP contribution in [-0.2, 0) is 11.2 Å². The fourth-order valence-electron chi connectivity index (χ4n) is 2.82. The summed E-state index contributed by atoms with van der Waals surface area (Å²) in [6, 6.07) is 16.8. The Morgan fingerprint density at radius 3 is 1.97 bits per heavy atom. The fourth-order valence-corrected chi connectivity index (χ4v) is 3.08. The second-order valence-corrected chi connectivity index (χ2v) is 6.69. The van der Waals surface area contributed by atoms with Crippen LogP contribution in [0.4, 0.5) is 8.78 Å². The molecule has 0 saturated heterocycles. The van der Waals surface area contributed by atoms with E-state index in [-0.39, 0.29) is 24.7 Å². The highest BCUT2D eigenvalue weighted by molar-refractivity contribution is 6.32. The molecule has 0 unspecified atom stereocenters. The standard InChI is InChI=1S/C23H17ClF2O3/c24-21-13-15(14-23(27)28)1-10-22(21)29-12-11-20(16-2-6-18(25)7-3-16)17-4-8-19(26)9-5-17/h1-11,13H,12,14H2,(H,27,28). The second kappa shape index (κ2) is 9.34. The summed E-state index contributed by atoms with van der Waals surface area (Å²) in [5.41, 5.74) is 2.83. The normalized spacial score (nSPS) is 10.4. The summed E-state index contributed by atoms with van der Waals surface area (Å²) in [7, 11) is 0. The fraction of sp³-hybridized carbons (Fsp3) is 0.0870. The van der Waals surface area contributed by atoms with E-state index in [9.17, 15) is 13.6 Å². The summed E-state index contributed by atoms with van der Waals surface area (Å²) in [6.45, 7) is 0.155. The van der Waals surface area contributed by atoms with Crippen molar-refractivity contribution in [3.63, 3.8) is 0 Å². The maximum absolute atomic E-state index is 13.3. The van der Waals surface area contributed by atoms with Crippen molar-refractivity contribution in [1.29, 1.82) is 0 Å². The van der Waals surface area contributed by atoms with Gasteiger partial charge in [-0.25, -0.2) is 8.78 Å². The van der Waals surface area contributed by atoms with Gasteiger partial charge in [0.1, 0.15) is 24.0 Å². The first-order chi connectivity index (χ1) is 13.9. The Kier molecular flexibility index (Phi) is 6.62. The zero-order chi connectivity index (χ0) is 20.8. The van der Waals surface area contributed by atoms with Crippen molar-refractivity contribution in [3.05, 3.63) is 106 Å². The van der Waals surface area contributed by atoms with E-state index in [1.165, 1.54) is 24.3 Å². The van der Waals surface area contributed by atoms with Gasteiger partial charge < -0.3 is 9.84 Å². The quantitative estimate of drug-likeness (QED) is 0.535. The van der Waals surface area contributed by atoms with Gasteiger partial charge in [0.25, 0.3) is 0 Å². The van der Waals surface area contributed by atoms with E-state index >= 15 is 0 Å².